The van der Waals surface area contributed by atoms with Crippen LogP contribution in [0.25, 0.3) is 22.0 Å². The summed E-state index contributed by atoms with van der Waals surface area (Å²) in [6.45, 7) is 4.21. The second kappa shape index (κ2) is 17.8. The molecule has 6 aromatic rings. The number of nitrogens with zero attached hydrogens (tertiary/aromatic N) is 6. The lowest BCUT2D eigenvalue weighted by molar-refractivity contribution is -0.384. The molecule has 5 aromatic carbocycles. The molecule has 1 saturated heterocycles. The number of piperazine rings is 1. The van der Waals surface area contributed by atoms with Gasteiger partial charge in [0, 0.05) is 70.6 Å². The zero-order valence-electron chi connectivity index (χ0n) is 33.5. The Labute approximate surface area is 360 Å². The Bertz CT molecular complexity index is 2590. The van der Waals surface area contributed by atoms with Crippen molar-refractivity contribution >= 4 is 67.2 Å². The number of aromatic nitrogens is 2. The van der Waals surface area contributed by atoms with Gasteiger partial charge in [0.05, 0.1) is 15.3 Å². The van der Waals surface area contributed by atoms with Crippen molar-refractivity contribution in [3.05, 3.63) is 142 Å². The molecule has 8 rings (SSSR count). The van der Waals surface area contributed by atoms with Gasteiger partial charge in [-0.05, 0) is 111 Å². The lowest BCUT2D eigenvalue weighted by atomic mass is 9.92. The Balaban J connectivity index is 0.955. The van der Waals surface area contributed by atoms with Gasteiger partial charge in [0.15, 0.2) is 5.82 Å². The minimum Gasteiger partial charge on any atom is -0.376 e. The largest absolute Gasteiger partial charge is 0.376 e. The average Bonchev–Trinajstić information content (AvgIpc) is 4.07. The predicted molar refractivity (Wildman–Crippen MR) is 243 cm³/mol. The number of nitro benzene ring substituents is 1. The van der Waals surface area contributed by atoms with Crippen LogP contribution < -0.4 is 14.9 Å². The van der Waals surface area contributed by atoms with Gasteiger partial charge in [-0.1, -0.05) is 66.2 Å². The lowest BCUT2D eigenvalue weighted by Gasteiger charge is -2.41. The highest BCUT2D eigenvalue weighted by molar-refractivity contribution is 7.99. The Hall–Kier alpha value is -5.25. The van der Waals surface area contributed by atoms with Crippen LogP contribution in [-0.4, -0.2) is 91.7 Å². The lowest BCUT2D eigenvalue weighted by Crippen LogP contribution is -2.50. The fourth-order valence-electron chi connectivity index (χ4n) is 8.04. The van der Waals surface area contributed by atoms with Crippen molar-refractivity contribution in [3.63, 3.8) is 0 Å². The summed E-state index contributed by atoms with van der Waals surface area (Å²) in [7, 11) is -0.311. The maximum Gasteiger partial charge on any atom is 0.293 e. The van der Waals surface area contributed by atoms with Crippen LogP contribution in [-0.2, 0) is 15.6 Å². The molecule has 1 atom stereocenters. The maximum absolute atomic E-state index is 13.8. The smallest absolute Gasteiger partial charge is 0.293 e. The van der Waals surface area contributed by atoms with Crippen LogP contribution in [0.1, 0.15) is 24.8 Å². The molecule has 1 aliphatic heterocycles. The normalized spacial score (nSPS) is 15.8. The van der Waals surface area contributed by atoms with E-state index in [4.69, 9.17) is 11.6 Å². The highest BCUT2D eigenvalue weighted by atomic mass is 35.5. The molecule has 2 aliphatic rings. The number of thioether (sulfide) groups is 1. The highest BCUT2D eigenvalue weighted by Crippen LogP contribution is 2.54. The van der Waals surface area contributed by atoms with Crippen LogP contribution >= 0.6 is 23.4 Å². The van der Waals surface area contributed by atoms with Crippen LogP contribution in [0.15, 0.2) is 131 Å². The fraction of sp³-hybridized carbons (Fsp3) is 0.289. The van der Waals surface area contributed by atoms with Gasteiger partial charge in [0.1, 0.15) is 12.0 Å². The summed E-state index contributed by atoms with van der Waals surface area (Å²) in [6.07, 6.45) is 4.28. The van der Waals surface area contributed by atoms with E-state index in [9.17, 15) is 18.5 Å². The van der Waals surface area contributed by atoms with Gasteiger partial charge in [-0.25, -0.2) is 18.4 Å². The third kappa shape index (κ3) is 9.22. The summed E-state index contributed by atoms with van der Waals surface area (Å²) in [4.78, 5) is 28.4. The molecule has 1 aliphatic carbocycles. The van der Waals surface area contributed by atoms with E-state index in [-0.39, 0.29) is 33.7 Å². The standard InChI is InChI=1S/C45H47ClN8O4S2/c1-51(2)23-20-34(30-59-36-8-4-3-5-9-36)49-41-19-17-37(29-43(41)54(55)56)60(57,58)50-44-39-18-16-35(28-42(39)47-31-48-44)52-24-26-53(27-25-52)45(21-22-45)40-11-7-6-10-38(40)32-12-14-33(46)15-13-32/h3-19,28-29,31,34,49H,20-27,30H2,1-2H3,(H,47,48,50)/t34-/m1/s1. The van der Waals surface area contributed by atoms with Crippen molar-refractivity contribution < 1.29 is 13.3 Å². The number of hydrogen-bond donors (Lipinski definition) is 2. The quantitative estimate of drug-likeness (QED) is 0.0548. The predicted octanol–water partition coefficient (Wildman–Crippen LogP) is 9.00. The van der Waals surface area contributed by atoms with Crippen LogP contribution in [0.5, 0.6) is 0 Å². The summed E-state index contributed by atoms with van der Waals surface area (Å²) < 4.78 is 30.2. The summed E-state index contributed by atoms with van der Waals surface area (Å²) >= 11 is 7.87. The number of sulfonamides is 1. The number of benzene rings is 5. The molecule has 2 heterocycles. The van der Waals surface area contributed by atoms with E-state index in [1.807, 2.05) is 74.8 Å². The first-order valence-corrected chi connectivity index (χ1v) is 22.8. The highest BCUT2D eigenvalue weighted by Gasteiger charge is 2.51. The summed E-state index contributed by atoms with van der Waals surface area (Å²) in [5.41, 5.74) is 5.29. The third-order valence-electron chi connectivity index (χ3n) is 11.4. The molecular formula is C45H47ClN8O4S2. The molecule has 0 bridgehead atoms. The molecule has 0 spiro atoms. The molecular weight excluding hydrogens is 816 g/mol. The van der Waals surface area contributed by atoms with Crippen molar-refractivity contribution in [2.75, 3.05) is 67.5 Å². The SMILES string of the molecule is CN(C)CC[C@H](CSc1ccccc1)Nc1ccc(S(=O)(=O)Nc2ncnc3cc(N4CCN(C5(c6ccccc6-c6ccc(Cl)cc6)CC5)CC4)ccc23)cc1[N+](=O)[O-]. The van der Waals surface area contributed by atoms with Crippen LogP contribution in [0.2, 0.25) is 5.02 Å². The number of fused-ring (bicyclic) bond motifs is 1. The first-order chi connectivity index (χ1) is 29.0. The van der Waals surface area contributed by atoms with E-state index in [1.54, 1.807) is 11.8 Å². The van der Waals surface area contributed by atoms with Gasteiger partial charge >= 0.3 is 0 Å². The van der Waals surface area contributed by atoms with Crippen LogP contribution in [0.3, 0.4) is 0 Å². The zero-order chi connectivity index (χ0) is 41.9. The first-order valence-electron chi connectivity index (χ1n) is 20.0. The van der Waals surface area contributed by atoms with Crippen LogP contribution in [0.4, 0.5) is 22.9 Å². The van der Waals surface area contributed by atoms with E-state index < -0.39 is 14.9 Å². The number of halogens is 1. The van der Waals surface area contributed by atoms with E-state index in [2.05, 4.69) is 71.1 Å². The third-order valence-corrected chi connectivity index (χ3v) is 14.1. The monoisotopic (exact) mass is 862 g/mol. The second-order valence-electron chi connectivity index (χ2n) is 15.6. The molecule has 2 fully saturated rings. The van der Waals surface area contributed by atoms with Crippen molar-refractivity contribution in [1.82, 2.24) is 19.8 Å². The molecule has 0 unspecified atom stereocenters. The van der Waals surface area contributed by atoms with Crippen molar-refractivity contribution in [1.29, 1.82) is 0 Å². The van der Waals surface area contributed by atoms with Gasteiger partial charge in [-0.15, -0.1) is 11.8 Å². The number of nitro groups is 1. The van der Waals surface area contributed by atoms with Crippen molar-refractivity contribution in [2.24, 2.45) is 0 Å². The topological polar surface area (TPSA) is 137 Å². The maximum atomic E-state index is 13.8. The second-order valence-corrected chi connectivity index (χ2v) is 18.8. The zero-order valence-corrected chi connectivity index (χ0v) is 35.9. The fourth-order valence-corrected chi connectivity index (χ4v) is 10.2. The van der Waals surface area contributed by atoms with Crippen molar-refractivity contribution in [3.8, 4) is 11.1 Å². The molecule has 1 saturated carbocycles. The Kier molecular flexibility index (Phi) is 12.3. The molecule has 310 valence electrons. The van der Waals surface area contributed by atoms with Gasteiger partial charge < -0.3 is 15.1 Å². The van der Waals surface area contributed by atoms with Gasteiger partial charge in [-0.2, -0.15) is 0 Å². The number of nitrogens with one attached hydrogen (secondary N) is 2. The van der Waals surface area contributed by atoms with Gasteiger partial charge in [0.2, 0.25) is 0 Å². The Morgan fingerprint density at radius 3 is 2.35 bits per heavy atom. The molecule has 0 amide bonds. The Morgan fingerprint density at radius 2 is 1.63 bits per heavy atom. The number of rotatable bonds is 16. The summed E-state index contributed by atoms with van der Waals surface area (Å²) in [5.74, 6) is 0.759. The molecule has 15 heteroatoms. The first kappa shape index (κ1) is 41.5. The average molecular weight is 864 g/mol. The number of hydrogen-bond acceptors (Lipinski definition) is 11. The molecule has 1 aromatic heterocycles. The van der Waals surface area contributed by atoms with Crippen molar-refractivity contribution in [2.45, 2.75) is 40.6 Å². The minimum absolute atomic E-state index is 0.0122. The molecule has 0 radical (unpaired) electrons. The van der Waals surface area contributed by atoms with Crippen LogP contribution in [0, 0.1) is 10.1 Å². The number of anilines is 3. The summed E-state index contributed by atoms with van der Waals surface area (Å²) in [6, 6.07) is 36.3. The molecule has 60 heavy (non-hydrogen) atoms. The minimum atomic E-state index is -4.27. The van der Waals surface area contributed by atoms with E-state index in [0.29, 0.717) is 16.7 Å². The van der Waals surface area contributed by atoms with E-state index in [1.165, 1.54) is 35.2 Å². The molecule has 12 nitrogen and oxygen atoms in total. The van der Waals surface area contributed by atoms with Gasteiger partial charge in [-0.3, -0.25) is 19.7 Å². The molecule has 2 N–H and O–H groups in total. The Morgan fingerprint density at radius 1 is 0.900 bits per heavy atom. The van der Waals surface area contributed by atoms with E-state index in [0.717, 1.165) is 73.7 Å². The summed E-state index contributed by atoms with van der Waals surface area (Å²) in [5, 5.41) is 16.9. The van der Waals surface area contributed by atoms with Gasteiger partial charge in [0.25, 0.3) is 15.7 Å². The van der Waals surface area contributed by atoms with E-state index >= 15 is 0 Å².